The van der Waals surface area contributed by atoms with Gasteiger partial charge in [-0.15, -0.1) is 0 Å². The van der Waals surface area contributed by atoms with Crippen molar-refractivity contribution < 1.29 is 0 Å². The summed E-state index contributed by atoms with van der Waals surface area (Å²) in [4.78, 5) is 7.09. The lowest BCUT2D eigenvalue weighted by molar-refractivity contribution is 0.199. The van der Waals surface area contributed by atoms with Crippen LogP contribution in [0.15, 0.2) is 18.3 Å². The second-order valence-corrected chi connectivity index (χ2v) is 6.15. The minimum Gasteiger partial charge on any atom is -0.370 e. The van der Waals surface area contributed by atoms with Gasteiger partial charge < -0.3 is 10.2 Å². The Morgan fingerprint density at radius 2 is 1.90 bits per heavy atom. The molecule has 1 saturated heterocycles. The molecule has 1 atom stereocenters. The molecule has 3 nitrogen and oxygen atoms in total. The summed E-state index contributed by atoms with van der Waals surface area (Å²) in [5.74, 6) is 0. The molecule has 0 bridgehead atoms. The van der Waals surface area contributed by atoms with Gasteiger partial charge in [0.2, 0.25) is 0 Å². The van der Waals surface area contributed by atoms with E-state index < -0.39 is 0 Å². The fourth-order valence-corrected chi connectivity index (χ4v) is 3.18. The van der Waals surface area contributed by atoms with Gasteiger partial charge in [-0.05, 0) is 44.4 Å². The molecule has 0 aliphatic carbocycles. The molecule has 1 aliphatic rings. The number of aromatic nitrogens is 1. The summed E-state index contributed by atoms with van der Waals surface area (Å²) in [5.41, 5.74) is 2.98. The van der Waals surface area contributed by atoms with Crippen LogP contribution in [0.25, 0.3) is 0 Å². The van der Waals surface area contributed by atoms with Crippen LogP contribution in [0.5, 0.6) is 0 Å². The van der Waals surface area contributed by atoms with Crippen LogP contribution in [-0.2, 0) is 0 Å². The quantitative estimate of drug-likeness (QED) is 0.886. The molecule has 1 aromatic heterocycles. The van der Waals surface area contributed by atoms with Gasteiger partial charge in [-0.25, -0.2) is 0 Å². The molecular weight excluding hydrogens is 246 g/mol. The van der Waals surface area contributed by atoms with Crippen LogP contribution in [0.3, 0.4) is 0 Å². The van der Waals surface area contributed by atoms with E-state index >= 15 is 0 Å². The molecule has 0 radical (unpaired) electrons. The maximum atomic E-state index is 4.60. The lowest BCUT2D eigenvalue weighted by Gasteiger charge is -2.42. The standard InChI is InChI=1S/C17H29N3/c1-5-17(6-2)9-11-20(12-10-17)15-7-8-16(19-13-15)14(3)18-4/h7-8,13-14,18H,5-6,9-12H2,1-4H3. The summed E-state index contributed by atoms with van der Waals surface area (Å²) < 4.78 is 0. The molecule has 0 saturated carbocycles. The Morgan fingerprint density at radius 3 is 2.35 bits per heavy atom. The molecule has 1 aliphatic heterocycles. The molecule has 0 amide bonds. The predicted octanol–water partition coefficient (Wildman–Crippen LogP) is 3.77. The lowest BCUT2D eigenvalue weighted by Crippen LogP contribution is -2.39. The first-order valence-electron chi connectivity index (χ1n) is 8.02. The molecule has 1 unspecified atom stereocenters. The summed E-state index contributed by atoms with van der Waals surface area (Å²) in [6.45, 7) is 9.16. The Balaban J connectivity index is 2.00. The van der Waals surface area contributed by atoms with Gasteiger partial charge in [-0.3, -0.25) is 4.98 Å². The molecule has 0 aromatic carbocycles. The minimum atomic E-state index is 0.318. The molecule has 1 aromatic rings. The zero-order chi connectivity index (χ0) is 14.6. The maximum Gasteiger partial charge on any atom is 0.0571 e. The first kappa shape index (κ1) is 15.3. The third-order valence-electron chi connectivity index (χ3n) is 5.34. The van der Waals surface area contributed by atoms with Gasteiger partial charge in [0, 0.05) is 19.1 Å². The van der Waals surface area contributed by atoms with Crippen molar-refractivity contribution in [2.45, 2.75) is 52.5 Å². The van der Waals surface area contributed by atoms with Crippen molar-refractivity contribution in [3.05, 3.63) is 24.0 Å². The van der Waals surface area contributed by atoms with Gasteiger partial charge in [0.05, 0.1) is 17.6 Å². The highest BCUT2D eigenvalue weighted by atomic mass is 15.1. The number of anilines is 1. The minimum absolute atomic E-state index is 0.318. The maximum absolute atomic E-state index is 4.60. The third kappa shape index (κ3) is 3.14. The van der Waals surface area contributed by atoms with Gasteiger partial charge in [0.25, 0.3) is 0 Å². The molecule has 1 fully saturated rings. The molecule has 2 rings (SSSR count). The second kappa shape index (κ2) is 6.57. The van der Waals surface area contributed by atoms with Crippen molar-refractivity contribution in [2.24, 2.45) is 5.41 Å². The predicted molar refractivity (Wildman–Crippen MR) is 86.2 cm³/mol. The summed E-state index contributed by atoms with van der Waals surface area (Å²) >= 11 is 0. The van der Waals surface area contributed by atoms with Crippen molar-refractivity contribution in [2.75, 3.05) is 25.0 Å². The molecule has 3 heteroatoms. The number of hydrogen-bond donors (Lipinski definition) is 1. The number of pyridine rings is 1. The van der Waals surface area contributed by atoms with E-state index in [4.69, 9.17) is 0 Å². The van der Waals surface area contributed by atoms with Gasteiger partial charge >= 0.3 is 0 Å². The van der Waals surface area contributed by atoms with Crippen molar-refractivity contribution in [3.63, 3.8) is 0 Å². The molecule has 1 N–H and O–H groups in total. The van der Waals surface area contributed by atoms with E-state index in [0.29, 0.717) is 11.5 Å². The van der Waals surface area contributed by atoms with Crippen LogP contribution in [0.1, 0.15) is 58.2 Å². The highest BCUT2D eigenvalue weighted by molar-refractivity contribution is 5.45. The van der Waals surface area contributed by atoms with Gasteiger partial charge in [0.15, 0.2) is 0 Å². The SMILES string of the molecule is CCC1(CC)CCN(c2ccc(C(C)NC)nc2)CC1. The number of rotatable bonds is 5. The van der Waals surface area contributed by atoms with Crippen molar-refractivity contribution in [1.29, 1.82) is 0 Å². The van der Waals surface area contributed by atoms with Crippen LogP contribution in [0.4, 0.5) is 5.69 Å². The summed E-state index contributed by atoms with van der Waals surface area (Å²) in [5, 5.41) is 3.23. The first-order chi connectivity index (χ1) is 9.64. The van der Waals surface area contributed by atoms with E-state index in [0.717, 1.165) is 5.69 Å². The van der Waals surface area contributed by atoms with Crippen LogP contribution >= 0.6 is 0 Å². The van der Waals surface area contributed by atoms with Crippen LogP contribution < -0.4 is 10.2 Å². The van der Waals surface area contributed by atoms with E-state index in [1.54, 1.807) is 0 Å². The van der Waals surface area contributed by atoms with Gasteiger partial charge in [-0.2, -0.15) is 0 Å². The van der Waals surface area contributed by atoms with Crippen LogP contribution in [-0.4, -0.2) is 25.1 Å². The summed E-state index contributed by atoms with van der Waals surface area (Å²) in [6, 6.07) is 4.69. The molecular formula is C17H29N3. The van der Waals surface area contributed by atoms with Crippen molar-refractivity contribution in [1.82, 2.24) is 10.3 Å². The number of piperidine rings is 1. The van der Waals surface area contributed by atoms with Gasteiger partial charge in [-0.1, -0.05) is 26.7 Å². The molecule has 0 spiro atoms. The Hall–Kier alpha value is -1.09. The summed E-state index contributed by atoms with van der Waals surface area (Å²) in [7, 11) is 1.97. The van der Waals surface area contributed by atoms with E-state index in [2.05, 4.69) is 48.1 Å². The lowest BCUT2D eigenvalue weighted by atomic mass is 9.74. The highest BCUT2D eigenvalue weighted by Crippen LogP contribution is 2.38. The monoisotopic (exact) mass is 275 g/mol. The molecule has 20 heavy (non-hydrogen) atoms. The first-order valence-corrected chi connectivity index (χ1v) is 8.02. The normalized spacial score (nSPS) is 19.9. The molecule has 2 heterocycles. The summed E-state index contributed by atoms with van der Waals surface area (Å²) in [6.07, 6.45) is 7.29. The van der Waals surface area contributed by atoms with E-state index in [-0.39, 0.29) is 0 Å². The second-order valence-electron chi connectivity index (χ2n) is 6.15. The third-order valence-corrected chi connectivity index (χ3v) is 5.34. The van der Waals surface area contributed by atoms with Gasteiger partial charge in [0.1, 0.15) is 0 Å². The topological polar surface area (TPSA) is 28.2 Å². The average Bonchev–Trinajstić information content (AvgIpc) is 2.54. The van der Waals surface area contributed by atoms with E-state index in [1.165, 1.54) is 44.5 Å². The zero-order valence-corrected chi connectivity index (χ0v) is 13.4. The Kier molecular flexibility index (Phi) is 5.03. The van der Waals surface area contributed by atoms with Crippen molar-refractivity contribution >= 4 is 5.69 Å². The fourth-order valence-electron chi connectivity index (χ4n) is 3.18. The van der Waals surface area contributed by atoms with Crippen LogP contribution in [0.2, 0.25) is 0 Å². The smallest absolute Gasteiger partial charge is 0.0571 e. The number of nitrogens with one attached hydrogen (secondary N) is 1. The number of hydrogen-bond acceptors (Lipinski definition) is 3. The largest absolute Gasteiger partial charge is 0.370 e. The highest BCUT2D eigenvalue weighted by Gasteiger charge is 2.31. The average molecular weight is 275 g/mol. The fraction of sp³-hybridized carbons (Fsp3) is 0.706. The Labute approximate surface area is 123 Å². The Bertz CT molecular complexity index is 399. The number of nitrogens with zero attached hydrogens (tertiary/aromatic N) is 2. The van der Waals surface area contributed by atoms with Crippen molar-refractivity contribution in [3.8, 4) is 0 Å². The van der Waals surface area contributed by atoms with Crippen LogP contribution in [0, 0.1) is 5.41 Å². The van der Waals surface area contributed by atoms with E-state index in [9.17, 15) is 0 Å². The molecule has 112 valence electrons. The zero-order valence-electron chi connectivity index (χ0n) is 13.4. The Morgan fingerprint density at radius 1 is 1.25 bits per heavy atom. The van der Waals surface area contributed by atoms with E-state index in [1.807, 2.05) is 13.2 Å².